The maximum atomic E-state index is 10.2. The summed E-state index contributed by atoms with van der Waals surface area (Å²) in [5, 5.41) is 22.6. The molecule has 2 heterocycles. The van der Waals surface area contributed by atoms with E-state index in [2.05, 4.69) is 163 Å². The van der Waals surface area contributed by atoms with Gasteiger partial charge in [0.15, 0.2) is 0 Å². The van der Waals surface area contributed by atoms with Crippen molar-refractivity contribution in [1.29, 1.82) is 10.5 Å². The number of nitriles is 2. The monoisotopic (exact) mass is 652 g/mol. The predicted molar refractivity (Wildman–Crippen MR) is 208 cm³/mol. The first-order valence-electron chi connectivity index (χ1n) is 17.1. The van der Waals surface area contributed by atoms with Crippen LogP contribution in [0.15, 0.2) is 158 Å². The molecule has 8 aromatic rings. The van der Waals surface area contributed by atoms with Crippen LogP contribution in [-0.4, -0.2) is 4.57 Å². The van der Waals surface area contributed by atoms with E-state index in [0.29, 0.717) is 11.1 Å². The summed E-state index contributed by atoms with van der Waals surface area (Å²) in [6, 6.07) is 59.4. The molecular formula is C47H32N4. The first-order valence-corrected chi connectivity index (χ1v) is 17.1. The molecule has 240 valence electrons. The van der Waals surface area contributed by atoms with Crippen LogP contribution in [0.2, 0.25) is 0 Å². The highest BCUT2D eigenvalue weighted by molar-refractivity contribution is 6.10. The third-order valence-electron chi connectivity index (χ3n) is 10.4. The van der Waals surface area contributed by atoms with Crippen LogP contribution in [0.1, 0.15) is 36.1 Å². The minimum atomic E-state index is -0.283. The fourth-order valence-corrected chi connectivity index (χ4v) is 8.01. The molecular weight excluding hydrogens is 621 g/mol. The molecule has 1 aromatic heterocycles. The molecule has 1 aliphatic heterocycles. The molecule has 0 aliphatic carbocycles. The fourth-order valence-electron chi connectivity index (χ4n) is 8.01. The van der Waals surface area contributed by atoms with Crippen LogP contribution in [0.25, 0.3) is 49.7 Å². The Balaban J connectivity index is 1.31. The number of fused-ring (bicyclic) bond motifs is 5. The van der Waals surface area contributed by atoms with Gasteiger partial charge in [0, 0.05) is 27.4 Å². The van der Waals surface area contributed by atoms with Crippen molar-refractivity contribution in [3.8, 4) is 40.1 Å². The first-order chi connectivity index (χ1) is 25.0. The fraction of sp³-hybridized carbons (Fsp3) is 0.0638. The van der Waals surface area contributed by atoms with Crippen molar-refractivity contribution in [2.75, 3.05) is 4.90 Å². The lowest BCUT2D eigenvalue weighted by Gasteiger charge is -2.42. The van der Waals surface area contributed by atoms with Gasteiger partial charge in [-0.25, -0.2) is 0 Å². The van der Waals surface area contributed by atoms with Crippen molar-refractivity contribution in [3.63, 3.8) is 0 Å². The molecule has 0 fully saturated rings. The van der Waals surface area contributed by atoms with E-state index in [4.69, 9.17) is 0 Å². The summed E-state index contributed by atoms with van der Waals surface area (Å²) >= 11 is 0. The number of nitrogens with zero attached hydrogens (tertiary/aromatic N) is 4. The number of anilines is 3. The molecule has 0 amide bonds. The summed E-state index contributed by atoms with van der Waals surface area (Å²) in [4.78, 5) is 2.36. The summed E-state index contributed by atoms with van der Waals surface area (Å²) < 4.78 is 2.29. The normalized spacial score (nSPS) is 13.0. The molecule has 0 saturated heterocycles. The van der Waals surface area contributed by atoms with Gasteiger partial charge in [-0.2, -0.15) is 10.5 Å². The van der Waals surface area contributed by atoms with Gasteiger partial charge in [0.25, 0.3) is 0 Å². The number of rotatable bonds is 4. The summed E-state index contributed by atoms with van der Waals surface area (Å²) in [5.41, 5.74) is 13.7. The molecule has 0 saturated carbocycles. The van der Waals surface area contributed by atoms with Crippen LogP contribution in [0.3, 0.4) is 0 Å². The van der Waals surface area contributed by atoms with E-state index in [-0.39, 0.29) is 5.41 Å². The van der Waals surface area contributed by atoms with Gasteiger partial charge >= 0.3 is 0 Å². The van der Waals surface area contributed by atoms with Crippen molar-refractivity contribution in [2.24, 2.45) is 0 Å². The van der Waals surface area contributed by atoms with E-state index in [1.165, 1.54) is 16.8 Å². The van der Waals surface area contributed by atoms with E-state index < -0.39 is 0 Å². The Morgan fingerprint density at radius 1 is 0.471 bits per heavy atom. The molecule has 9 rings (SSSR count). The SMILES string of the molecule is CC1(C)c2ccccc2N(c2ccccc2)c2ccc(-c3ccc(C#N)cc3-c3cc(C#N)ccc3-n3c4ccccc4c4ccccc43)cc21. The van der Waals surface area contributed by atoms with Gasteiger partial charge in [0.2, 0.25) is 0 Å². The molecule has 0 N–H and O–H groups in total. The first kappa shape index (κ1) is 30.2. The van der Waals surface area contributed by atoms with Gasteiger partial charge in [-0.3, -0.25) is 0 Å². The molecule has 51 heavy (non-hydrogen) atoms. The summed E-state index contributed by atoms with van der Waals surface area (Å²) in [6.45, 7) is 4.60. The molecule has 4 nitrogen and oxygen atoms in total. The Kier molecular flexibility index (Phi) is 6.88. The number of aromatic nitrogens is 1. The molecule has 0 spiro atoms. The Morgan fingerprint density at radius 3 is 1.75 bits per heavy atom. The summed E-state index contributed by atoms with van der Waals surface area (Å²) in [7, 11) is 0. The highest BCUT2D eigenvalue weighted by atomic mass is 15.2. The van der Waals surface area contributed by atoms with E-state index in [9.17, 15) is 10.5 Å². The Bertz CT molecular complexity index is 2700. The second kappa shape index (κ2) is 11.6. The Hall–Kier alpha value is -6.88. The van der Waals surface area contributed by atoms with Crippen LogP contribution >= 0.6 is 0 Å². The highest BCUT2D eigenvalue weighted by Gasteiger charge is 2.37. The maximum Gasteiger partial charge on any atom is 0.0991 e. The standard InChI is InChI=1S/C47H32N4/c1-47(2)40-16-8-11-19-45(40)50(34-12-4-3-5-13-34)46-25-22-33(28-41(46)47)35-23-20-31(29-48)26-38(35)39-27-32(30-49)21-24-44(39)51-42-17-9-6-14-36(42)37-15-7-10-18-43(37)51/h3-28H,1-2H3. The average molecular weight is 653 g/mol. The molecule has 7 aromatic carbocycles. The molecule has 0 radical (unpaired) electrons. The topological polar surface area (TPSA) is 55.8 Å². The zero-order valence-electron chi connectivity index (χ0n) is 28.3. The summed E-state index contributed by atoms with van der Waals surface area (Å²) in [5.74, 6) is 0. The van der Waals surface area contributed by atoms with Crippen LogP contribution in [-0.2, 0) is 5.41 Å². The smallest absolute Gasteiger partial charge is 0.0991 e. The van der Waals surface area contributed by atoms with Crippen molar-refractivity contribution in [3.05, 3.63) is 180 Å². The van der Waals surface area contributed by atoms with Gasteiger partial charge < -0.3 is 9.47 Å². The number of para-hydroxylation sites is 4. The van der Waals surface area contributed by atoms with Gasteiger partial charge in [-0.1, -0.05) is 98.8 Å². The number of hydrogen-bond acceptors (Lipinski definition) is 3. The second-order valence-corrected chi connectivity index (χ2v) is 13.6. The van der Waals surface area contributed by atoms with Crippen molar-refractivity contribution in [1.82, 2.24) is 4.57 Å². The summed E-state index contributed by atoms with van der Waals surface area (Å²) in [6.07, 6.45) is 0. The molecule has 4 heteroatoms. The third kappa shape index (κ3) is 4.66. The largest absolute Gasteiger partial charge is 0.310 e. The lowest BCUT2D eigenvalue weighted by atomic mass is 9.72. The maximum absolute atomic E-state index is 10.2. The van der Waals surface area contributed by atoms with E-state index in [1.807, 2.05) is 30.3 Å². The quantitative estimate of drug-likeness (QED) is 0.190. The van der Waals surface area contributed by atoms with E-state index in [1.54, 1.807) is 0 Å². The van der Waals surface area contributed by atoms with Gasteiger partial charge in [-0.05, 0) is 101 Å². The Labute approximate surface area is 297 Å². The van der Waals surface area contributed by atoms with E-state index >= 15 is 0 Å². The second-order valence-electron chi connectivity index (χ2n) is 13.6. The highest BCUT2D eigenvalue weighted by Crippen LogP contribution is 2.53. The lowest BCUT2D eigenvalue weighted by Crippen LogP contribution is -2.30. The zero-order chi connectivity index (χ0) is 34.7. The molecule has 0 atom stereocenters. The van der Waals surface area contributed by atoms with Crippen molar-refractivity contribution >= 4 is 38.9 Å². The Morgan fingerprint density at radius 2 is 1.04 bits per heavy atom. The predicted octanol–water partition coefficient (Wildman–Crippen LogP) is 12.0. The van der Waals surface area contributed by atoms with Gasteiger partial charge in [0.1, 0.15) is 0 Å². The lowest BCUT2D eigenvalue weighted by molar-refractivity contribution is 0.632. The van der Waals surface area contributed by atoms with Gasteiger partial charge in [-0.15, -0.1) is 0 Å². The van der Waals surface area contributed by atoms with Gasteiger partial charge in [0.05, 0.1) is 51.4 Å². The minimum Gasteiger partial charge on any atom is -0.310 e. The molecule has 1 aliphatic rings. The van der Waals surface area contributed by atoms with Crippen molar-refractivity contribution < 1.29 is 0 Å². The average Bonchev–Trinajstić information content (AvgIpc) is 3.52. The number of benzene rings is 7. The van der Waals surface area contributed by atoms with E-state index in [0.717, 1.165) is 61.1 Å². The molecule has 0 unspecified atom stereocenters. The molecule has 0 bridgehead atoms. The van der Waals surface area contributed by atoms with Crippen LogP contribution in [0.5, 0.6) is 0 Å². The van der Waals surface area contributed by atoms with Crippen LogP contribution < -0.4 is 4.90 Å². The van der Waals surface area contributed by atoms with Crippen LogP contribution in [0, 0.1) is 22.7 Å². The third-order valence-corrected chi connectivity index (χ3v) is 10.4. The van der Waals surface area contributed by atoms with Crippen molar-refractivity contribution in [2.45, 2.75) is 19.3 Å². The minimum absolute atomic E-state index is 0.283. The van der Waals surface area contributed by atoms with Crippen LogP contribution in [0.4, 0.5) is 17.1 Å². The zero-order valence-corrected chi connectivity index (χ0v) is 28.3. The number of hydrogen-bond donors (Lipinski definition) is 0.